The van der Waals surface area contributed by atoms with Crippen LogP contribution in [0.25, 0.3) is 0 Å². The summed E-state index contributed by atoms with van der Waals surface area (Å²) in [5, 5.41) is 4.66. The van der Waals surface area contributed by atoms with Crippen LogP contribution in [0.4, 0.5) is 0 Å². The second kappa shape index (κ2) is 3.46. The SMILES string of the molecule is NS(=O)(=O)/N=C/c1ccccc1. The van der Waals surface area contributed by atoms with Gasteiger partial charge in [-0.05, 0) is 5.56 Å². The maximum Gasteiger partial charge on any atom is 0.317 e. The van der Waals surface area contributed by atoms with Crippen molar-refractivity contribution in [1.82, 2.24) is 0 Å². The quantitative estimate of drug-likeness (QED) is 0.672. The Morgan fingerprint density at radius 1 is 1.25 bits per heavy atom. The van der Waals surface area contributed by atoms with Crippen LogP contribution in [-0.2, 0) is 10.2 Å². The fourth-order valence-electron chi connectivity index (χ4n) is 0.673. The second-order valence-electron chi connectivity index (χ2n) is 2.16. The molecule has 4 nitrogen and oxygen atoms in total. The van der Waals surface area contributed by atoms with E-state index in [9.17, 15) is 8.42 Å². The van der Waals surface area contributed by atoms with Crippen molar-refractivity contribution in [2.45, 2.75) is 0 Å². The fraction of sp³-hybridized carbons (Fsp3) is 0. The number of nitrogens with two attached hydrogens (primary N) is 1. The lowest BCUT2D eigenvalue weighted by Gasteiger charge is -1.89. The topological polar surface area (TPSA) is 72.5 Å². The Bertz CT molecular complexity index is 370. The van der Waals surface area contributed by atoms with Crippen LogP contribution in [0.5, 0.6) is 0 Å². The molecule has 2 N–H and O–H groups in total. The van der Waals surface area contributed by atoms with Crippen molar-refractivity contribution in [3.05, 3.63) is 35.9 Å². The highest BCUT2D eigenvalue weighted by Crippen LogP contribution is 1.94. The van der Waals surface area contributed by atoms with Crippen LogP contribution < -0.4 is 5.14 Å². The lowest BCUT2D eigenvalue weighted by Crippen LogP contribution is -2.07. The van der Waals surface area contributed by atoms with Crippen molar-refractivity contribution in [3.63, 3.8) is 0 Å². The van der Waals surface area contributed by atoms with Gasteiger partial charge >= 0.3 is 10.2 Å². The standard InChI is InChI=1S/C7H8N2O2S/c8-12(10,11)9-6-7-4-2-1-3-5-7/h1-6H,(H2,8,10,11)/b9-6+. The molecule has 0 amide bonds. The molecule has 0 aliphatic heterocycles. The highest BCUT2D eigenvalue weighted by Gasteiger charge is 1.93. The molecule has 12 heavy (non-hydrogen) atoms. The predicted octanol–water partition coefficient (Wildman–Crippen LogP) is 0.309. The van der Waals surface area contributed by atoms with Gasteiger partial charge in [-0.15, -0.1) is 0 Å². The van der Waals surface area contributed by atoms with Gasteiger partial charge in [0.25, 0.3) is 0 Å². The van der Waals surface area contributed by atoms with E-state index in [1.54, 1.807) is 24.3 Å². The smallest absolute Gasteiger partial charge is 0.210 e. The average Bonchev–Trinajstić information content (AvgIpc) is 2.02. The maximum atomic E-state index is 10.4. The Kier molecular flexibility index (Phi) is 2.57. The van der Waals surface area contributed by atoms with E-state index < -0.39 is 10.2 Å². The summed E-state index contributed by atoms with van der Waals surface area (Å²) in [6, 6.07) is 8.85. The summed E-state index contributed by atoms with van der Waals surface area (Å²) in [6.45, 7) is 0. The van der Waals surface area contributed by atoms with Crippen molar-refractivity contribution < 1.29 is 8.42 Å². The monoisotopic (exact) mass is 184 g/mol. The van der Waals surface area contributed by atoms with Crippen LogP contribution in [0.15, 0.2) is 34.7 Å². The lowest BCUT2D eigenvalue weighted by atomic mass is 10.2. The zero-order chi connectivity index (χ0) is 9.03. The lowest BCUT2D eigenvalue weighted by molar-refractivity contribution is 0.600. The predicted molar refractivity (Wildman–Crippen MR) is 47.1 cm³/mol. The fourth-order valence-corrected chi connectivity index (χ4v) is 0.942. The summed E-state index contributed by atoms with van der Waals surface area (Å²) in [7, 11) is -3.75. The molecular formula is C7H8N2O2S. The summed E-state index contributed by atoms with van der Waals surface area (Å²) in [6.07, 6.45) is 1.20. The van der Waals surface area contributed by atoms with Crippen LogP contribution in [0.2, 0.25) is 0 Å². The molecule has 1 aromatic carbocycles. The van der Waals surface area contributed by atoms with Gasteiger partial charge in [0.1, 0.15) is 0 Å². The molecule has 5 heteroatoms. The normalized spacial score (nSPS) is 12.1. The van der Waals surface area contributed by atoms with Crippen LogP contribution in [-0.4, -0.2) is 14.6 Å². The molecule has 0 aliphatic rings. The summed E-state index contributed by atoms with van der Waals surface area (Å²) in [5.74, 6) is 0. The summed E-state index contributed by atoms with van der Waals surface area (Å²) < 4.78 is 23.9. The Morgan fingerprint density at radius 3 is 2.33 bits per heavy atom. The van der Waals surface area contributed by atoms with E-state index in [1.807, 2.05) is 6.07 Å². The first-order chi connectivity index (χ1) is 5.58. The first-order valence-corrected chi connectivity index (χ1v) is 4.71. The van der Waals surface area contributed by atoms with E-state index in [4.69, 9.17) is 0 Å². The van der Waals surface area contributed by atoms with Crippen molar-refractivity contribution in [2.24, 2.45) is 9.54 Å². The van der Waals surface area contributed by atoms with Crippen LogP contribution in [0, 0.1) is 0 Å². The Balaban J connectivity index is 2.85. The van der Waals surface area contributed by atoms with E-state index in [-0.39, 0.29) is 0 Å². The van der Waals surface area contributed by atoms with Gasteiger partial charge in [-0.3, -0.25) is 0 Å². The molecule has 0 fully saturated rings. The minimum Gasteiger partial charge on any atom is -0.210 e. The molecule has 1 aromatic rings. The molecule has 64 valence electrons. The van der Waals surface area contributed by atoms with Gasteiger partial charge in [-0.2, -0.15) is 12.8 Å². The molecule has 0 aliphatic carbocycles. The molecule has 0 heterocycles. The minimum atomic E-state index is -3.75. The number of hydrogen-bond acceptors (Lipinski definition) is 2. The van der Waals surface area contributed by atoms with E-state index in [1.165, 1.54) is 6.21 Å². The molecule has 0 unspecified atom stereocenters. The van der Waals surface area contributed by atoms with Crippen LogP contribution >= 0.6 is 0 Å². The molecule has 1 rings (SSSR count). The third kappa shape index (κ3) is 3.27. The Labute approximate surface area is 70.9 Å². The van der Waals surface area contributed by atoms with Crippen LogP contribution in [0.3, 0.4) is 0 Å². The number of benzene rings is 1. The molecule has 0 aromatic heterocycles. The highest BCUT2D eigenvalue weighted by molar-refractivity contribution is 7.87. The highest BCUT2D eigenvalue weighted by atomic mass is 32.2. The molecule has 0 spiro atoms. The zero-order valence-electron chi connectivity index (χ0n) is 6.21. The van der Waals surface area contributed by atoms with E-state index in [0.717, 1.165) is 0 Å². The maximum absolute atomic E-state index is 10.4. The zero-order valence-corrected chi connectivity index (χ0v) is 7.03. The third-order valence-electron chi connectivity index (χ3n) is 1.15. The molecule has 0 atom stereocenters. The molecule has 0 bridgehead atoms. The largest absolute Gasteiger partial charge is 0.317 e. The van der Waals surface area contributed by atoms with Crippen LogP contribution in [0.1, 0.15) is 5.56 Å². The first-order valence-electron chi connectivity index (χ1n) is 3.21. The van der Waals surface area contributed by atoms with Gasteiger partial charge in [0.05, 0.1) is 0 Å². The van der Waals surface area contributed by atoms with Gasteiger partial charge in [0.15, 0.2) is 0 Å². The van der Waals surface area contributed by atoms with E-state index in [2.05, 4.69) is 9.54 Å². The number of rotatable bonds is 2. The molecule has 0 radical (unpaired) electrons. The molecule has 0 saturated heterocycles. The second-order valence-corrected chi connectivity index (χ2v) is 3.40. The number of nitrogens with zero attached hydrogens (tertiary/aromatic N) is 1. The van der Waals surface area contributed by atoms with Gasteiger partial charge < -0.3 is 0 Å². The van der Waals surface area contributed by atoms with E-state index in [0.29, 0.717) is 5.56 Å². The van der Waals surface area contributed by atoms with Gasteiger partial charge in [-0.25, -0.2) is 5.14 Å². The van der Waals surface area contributed by atoms with Gasteiger partial charge in [-0.1, -0.05) is 30.3 Å². The van der Waals surface area contributed by atoms with E-state index >= 15 is 0 Å². The first kappa shape index (κ1) is 8.89. The average molecular weight is 184 g/mol. The minimum absolute atomic E-state index is 0.700. The third-order valence-corrected chi connectivity index (χ3v) is 1.55. The summed E-state index contributed by atoms with van der Waals surface area (Å²) >= 11 is 0. The Morgan fingerprint density at radius 2 is 1.83 bits per heavy atom. The molecular weight excluding hydrogens is 176 g/mol. The van der Waals surface area contributed by atoms with Crippen molar-refractivity contribution >= 4 is 16.4 Å². The summed E-state index contributed by atoms with van der Waals surface area (Å²) in [5.41, 5.74) is 0.700. The number of hydrogen-bond donors (Lipinski definition) is 1. The van der Waals surface area contributed by atoms with Gasteiger partial charge in [0.2, 0.25) is 0 Å². The molecule has 0 saturated carbocycles. The van der Waals surface area contributed by atoms with Crippen molar-refractivity contribution in [2.75, 3.05) is 0 Å². The summed E-state index contributed by atoms with van der Waals surface area (Å²) in [4.78, 5) is 0. The van der Waals surface area contributed by atoms with Crippen molar-refractivity contribution in [3.8, 4) is 0 Å². The Hall–Kier alpha value is -1.20. The van der Waals surface area contributed by atoms with Gasteiger partial charge in [0, 0.05) is 6.21 Å². The van der Waals surface area contributed by atoms with Crippen molar-refractivity contribution in [1.29, 1.82) is 0 Å².